The van der Waals surface area contributed by atoms with Gasteiger partial charge in [0.15, 0.2) is 5.13 Å². The SMILES string of the molecule is O=C(Nc1nc2ccc(N3CCOCC3)cc2s1)c1ccc(-c2ccccc2)cc1. The third kappa shape index (κ3) is 3.92. The quantitative estimate of drug-likeness (QED) is 0.507. The Hall–Kier alpha value is -3.22. The Morgan fingerprint density at radius 2 is 1.67 bits per heavy atom. The number of aromatic nitrogens is 1. The fraction of sp³-hybridized carbons (Fsp3) is 0.167. The summed E-state index contributed by atoms with van der Waals surface area (Å²) in [5.74, 6) is -0.151. The van der Waals surface area contributed by atoms with Crippen LogP contribution in [0.4, 0.5) is 10.8 Å². The molecular weight excluding hydrogens is 394 g/mol. The lowest BCUT2D eigenvalue weighted by atomic mass is 10.0. The molecule has 1 N–H and O–H groups in total. The van der Waals surface area contributed by atoms with Crippen LogP contribution < -0.4 is 10.2 Å². The van der Waals surface area contributed by atoms with Gasteiger partial charge in [-0.3, -0.25) is 10.1 Å². The van der Waals surface area contributed by atoms with Crippen molar-refractivity contribution in [3.8, 4) is 11.1 Å². The van der Waals surface area contributed by atoms with E-state index in [4.69, 9.17) is 4.74 Å². The van der Waals surface area contributed by atoms with Gasteiger partial charge in [0.05, 0.1) is 23.4 Å². The monoisotopic (exact) mass is 415 g/mol. The van der Waals surface area contributed by atoms with Gasteiger partial charge in [0, 0.05) is 24.3 Å². The van der Waals surface area contributed by atoms with Crippen molar-refractivity contribution in [1.29, 1.82) is 0 Å². The van der Waals surface area contributed by atoms with E-state index in [1.807, 2.05) is 48.5 Å². The van der Waals surface area contributed by atoms with Crippen LogP contribution in [0.1, 0.15) is 10.4 Å². The van der Waals surface area contributed by atoms with E-state index in [2.05, 4.69) is 39.5 Å². The molecule has 1 fully saturated rings. The van der Waals surface area contributed by atoms with E-state index >= 15 is 0 Å². The third-order valence-electron chi connectivity index (χ3n) is 5.22. The molecule has 0 bridgehead atoms. The summed E-state index contributed by atoms with van der Waals surface area (Å²) in [4.78, 5) is 19.6. The number of carbonyl (C=O) groups excluding carboxylic acids is 1. The Morgan fingerprint density at radius 3 is 2.43 bits per heavy atom. The minimum Gasteiger partial charge on any atom is -0.378 e. The highest BCUT2D eigenvalue weighted by Gasteiger charge is 2.14. The van der Waals surface area contributed by atoms with E-state index in [0.717, 1.165) is 47.6 Å². The molecule has 5 nitrogen and oxygen atoms in total. The average molecular weight is 416 g/mol. The second-order valence-corrected chi connectivity index (χ2v) is 8.20. The molecule has 1 amide bonds. The maximum atomic E-state index is 12.7. The molecule has 0 radical (unpaired) electrons. The first-order chi connectivity index (χ1) is 14.8. The van der Waals surface area contributed by atoms with Gasteiger partial charge < -0.3 is 9.64 Å². The van der Waals surface area contributed by atoms with E-state index in [-0.39, 0.29) is 5.91 Å². The first-order valence-corrected chi connectivity index (χ1v) is 10.8. The first kappa shape index (κ1) is 18.8. The zero-order valence-electron chi connectivity index (χ0n) is 16.4. The topological polar surface area (TPSA) is 54.5 Å². The number of nitrogens with one attached hydrogen (secondary N) is 1. The Balaban J connectivity index is 1.31. The molecule has 30 heavy (non-hydrogen) atoms. The van der Waals surface area contributed by atoms with Crippen molar-refractivity contribution >= 4 is 38.3 Å². The van der Waals surface area contributed by atoms with Gasteiger partial charge in [-0.25, -0.2) is 4.98 Å². The van der Waals surface area contributed by atoms with Crippen molar-refractivity contribution in [2.45, 2.75) is 0 Å². The minimum absolute atomic E-state index is 0.151. The number of carbonyl (C=O) groups is 1. The summed E-state index contributed by atoms with van der Waals surface area (Å²) in [5.41, 5.74) is 4.90. The van der Waals surface area contributed by atoms with E-state index in [1.165, 1.54) is 17.0 Å². The lowest BCUT2D eigenvalue weighted by Gasteiger charge is -2.28. The number of rotatable bonds is 4. The van der Waals surface area contributed by atoms with Crippen LogP contribution in [0.5, 0.6) is 0 Å². The third-order valence-corrected chi connectivity index (χ3v) is 6.16. The van der Waals surface area contributed by atoms with Crippen LogP contribution in [0.2, 0.25) is 0 Å². The Kier molecular flexibility index (Phi) is 5.17. The van der Waals surface area contributed by atoms with E-state index in [1.54, 1.807) is 0 Å². The molecule has 0 spiro atoms. The molecular formula is C24H21N3O2S. The highest BCUT2D eigenvalue weighted by Crippen LogP contribution is 2.30. The van der Waals surface area contributed by atoms with Crippen molar-refractivity contribution in [2.75, 3.05) is 36.5 Å². The van der Waals surface area contributed by atoms with Crippen molar-refractivity contribution in [3.05, 3.63) is 78.4 Å². The van der Waals surface area contributed by atoms with Crippen LogP contribution >= 0.6 is 11.3 Å². The molecule has 5 rings (SSSR count). The summed E-state index contributed by atoms with van der Waals surface area (Å²) in [6.45, 7) is 3.30. The normalized spacial score (nSPS) is 14.1. The Bertz CT molecular complexity index is 1170. The number of hydrogen-bond donors (Lipinski definition) is 1. The van der Waals surface area contributed by atoms with Crippen LogP contribution in [0.3, 0.4) is 0 Å². The number of amides is 1. The van der Waals surface area contributed by atoms with Crippen LogP contribution in [-0.4, -0.2) is 37.2 Å². The van der Waals surface area contributed by atoms with Crippen molar-refractivity contribution in [1.82, 2.24) is 4.98 Å². The molecule has 150 valence electrons. The Labute approximate surface area is 178 Å². The highest BCUT2D eigenvalue weighted by molar-refractivity contribution is 7.22. The molecule has 1 aromatic heterocycles. The molecule has 0 aliphatic carbocycles. The fourth-order valence-electron chi connectivity index (χ4n) is 3.60. The molecule has 4 aromatic rings. The standard InChI is InChI=1S/C24H21N3O2S/c28-23(19-8-6-18(7-9-19)17-4-2-1-3-5-17)26-24-25-21-11-10-20(16-22(21)30-24)27-12-14-29-15-13-27/h1-11,16H,12-15H2,(H,25,26,28). The van der Waals surface area contributed by atoms with Crippen molar-refractivity contribution in [2.24, 2.45) is 0 Å². The van der Waals surface area contributed by atoms with Gasteiger partial charge in [0.2, 0.25) is 0 Å². The number of fused-ring (bicyclic) bond motifs is 1. The number of ether oxygens (including phenoxy) is 1. The van der Waals surface area contributed by atoms with Gasteiger partial charge in [-0.2, -0.15) is 0 Å². The van der Waals surface area contributed by atoms with Crippen LogP contribution in [0.15, 0.2) is 72.8 Å². The Morgan fingerprint density at radius 1 is 0.933 bits per heavy atom. The largest absolute Gasteiger partial charge is 0.378 e. The zero-order valence-corrected chi connectivity index (χ0v) is 17.2. The second-order valence-electron chi connectivity index (χ2n) is 7.17. The summed E-state index contributed by atoms with van der Waals surface area (Å²) < 4.78 is 6.50. The lowest BCUT2D eigenvalue weighted by molar-refractivity contribution is 0.102. The molecule has 1 aliphatic rings. The first-order valence-electron chi connectivity index (χ1n) is 9.96. The second kappa shape index (κ2) is 8.26. The summed E-state index contributed by atoms with van der Waals surface area (Å²) >= 11 is 1.50. The van der Waals surface area contributed by atoms with Gasteiger partial charge in [0.25, 0.3) is 5.91 Å². The van der Waals surface area contributed by atoms with Crippen LogP contribution in [-0.2, 0) is 4.74 Å². The molecule has 0 atom stereocenters. The van der Waals surface area contributed by atoms with Gasteiger partial charge >= 0.3 is 0 Å². The predicted molar refractivity (Wildman–Crippen MR) is 122 cm³/mol. The molecule has 1 aliphatic heterocycles. The minimum atomic E-state index is -0.151. The van der Waals surface area contributed by atoms with Crippen molar-refractivity contribution < 1.29 is 9.53 Å². The van der Waals surface area contributed by atoms with Crippen LogP contribution in [0.25, 0.3) is 21.3 Å². The van der Waals surface area contributed by atoms with E-state index in [0.29, 0.717) is 10.7 Å². The molecule has 2 heterocycles. The van der Waals surface area contributed by atoms with Gasteiger partial charge in [-0.1, -0.05) is 53.8 Å². The summed E-state index contributed by atoms with van der Waals surface area (Å²) in [6.07, 6.45) is 0. The lowest BCUT2D eigenvalue weighted by Crippen LogP contribution is -2.36. The molecule has 0 unspecified atom stereocenters. The smallest absolute Gasteiger partial charge is 0.257 e. The molecule has 3 aromatic carbocycles. The average Bonchev–Trinajstić information content (AvgIpc) is 3.22. The number of benzene rings is 3. The number of morpholine rings is 1. The summed E-state index contributed by atoms with van der Waals surface area (Å²) in [7, 11) is 0. The number of nitrogens with zero attached hydrogens (tertiary/aromatic N) is 2. The number of hydrogen-bond acceptors (Lipinski definition) is 5. The molecule has 6 heteroatoms. The summed E-state index contributed by atoms with van der Waals surface area (Å²) in [5, 5.41) is 3.55. The predicted octanol–water partition coefficient (Wildman–Crippen LogP) is 5.05. The molecule has 0 saturated carbocycles. The van der Waals surface area contributed by atoms with Crippen LogP contribution in [0, 0.1) is 0 Å². The molecule has 1 saturated heterocycles. The number of thiazole rings is 1. The number of anilines is 2. The summed E-state index contributed by atoms with van der Waals surface area (Å²) in [6, 6.07) is 24.0. The van der Waals surface area contributed by atoms with E-state index < -0.39 is 0 Å². The fourth-order valence-corrected chi connectivity index (χ4v) is 4.49. The maximum absolute atomic E-state index is 12.7. The van der Waals surface area contributed by atoms with E-state index in [9.17, 15) is 4.79 Å². The van der Waals surface area contributed by atoms with Gasteiger partial charge in [-0.15, -0.1) is 0 Å². The maximum Gasteiger partial charge on any atom is 0.257 e. The highest BCUT2D eigenvalue weighted by atomic mass is 32.1. The van der Waals surface area contributed by atoms with Gasteiger partial charge in [-0.05, 0) is 41.5 Å². The zero-order chi connectivity index (χ0) is 20.3. The van der Waals surface area contributed by atoms with Crippen molar-refractivity contribution in [3.63, 3.8) is 0 Å². The van der Waals surface area contributed by atoms with Gasteiger partial charge in [0.1, 0.15) is 0 Å².